The molecule has 2 aromatic rings. The predicted octanol–water partition coefficient (Wildman–Crippen LogP) is 3.51. The zero-order valence-corrected chi connectivity index (χ0v) is 10.8. The van der Waals surface area contributed by atoms with E-state index >= 15 is 0 Å². The summed E-state index contributed by atoms with van der Waals surface area (Å²) >= 11 is 1.76. The van der Waals surface area contributed by atoms with E-state index in [9.17, 15) is 4.79 Å². The van der Waals surface area contributed by atoms with Gasteiger partial charge >= 0.3 is 0 Å². The van der Waals surface area contributed by atoms with Gasteiger partial charge in [-0.1, -0.05) is 6.07 Å². The van der Waals surface area contributed by atoms with Crippen LogP contribution >= 0.6 is 11.3 Å². The molecule has 0 aliphatic rings. The van der Waals surface area contributed by atoms with Gasteiger partial charge in [0, 0.05) is 23.2 Å². The van der Waals surface area contributed by atoms with Gasteiger partial charge in [0.05, 0.1) is 6.54 Å². The van der Waals surface area contributed by atoms with Crippen LogP contribution in [0.15, 0.2) is 35.7 Å². The molecule has 2 nitrogen and oxygen atoms in total. The molecule has 0 saturated heterocycles. The number of anilines is 1. The lowest BCUT2D eigenvalue weighted by Crippen LogP contribution is -2.16. The van der Waals surface area contributed by atoms with Crippen LogP contribution < -0.4 is 4.90 Å². The SMILES string of the molecule is Cc1cc(C=O)ccc1N(C)Cc1cccs1. The molecule has 2 rings (SSSR count). The maximum atomic E-state index is 10.7. The van der Waals surface area contributed by atoms with E-state index in [4.69, 9.17) is 0 Å². The van der Waals surface area contributed by atoms with Crippen molar-refractivity contribution < 1.29 is 4.79 Å². The number of carbonyl (C=O) groups excluding carboxylic acids is 1. The zero-order valence-electron chi connectivity index (χ0n) is 10.0. The molecule has 0 saturated carbocycles. The average molecular weight is 245 g/mol. The molecule has 0 amide bonds. The van der Waals surface area contributed by atoms with E-state index in [1.807, 2.05) is 25.1 Å². The normalized spacial score (nSPS) is 10.2. The van der Waals surface area contributed by atoms with Crippen LogP contribution in [-0.4, -0.2) is 13.3 Å². The van der Waals surface area contributed by atoms with E-state index in [1.165, 1.54) is 10.6 Å². The van der Waals surface area contributed by atoms with Crippen LogP contribution in [0.5, 0.6) is 0 Å². The Bertz CT molecular complexity index is 505. The zero-order chi connectivity index (χ0) is 12.3. The first-order valence-corrected chi connectivity index (χ1v) is 6.38. The van der Waals surface area contributed by atoms with Gasteiger partial charge in [-0.15, -0.1) is 11.3 Å². The number of nitrogens with zero attached hydrogens (tertiary/aromatic N) is 1. The lowest BCUT2D eigenvalue weighted by molar-refractivity contribution is 0.112. The molecule has 0 fully saturated rings. The van der Waals surface area contributed by atoms with E-state index in [2.05, 4.69) is 29.5 Å². The number of carbonyl (C=O) groups is 1. The maximum Gasteiger partial charge on any atom is 0.150 e. The van der Waals surface area contributed by atoms with Crippen molar-refractivity contribution in [3.8, 4) is 0 Å². The molecule has 1 aromatic heterocycles. The fourth-order valence-electron chi connectivity index (χ4n) is 1.90. The minimum absolute atomic E-state index is 0.732. The number of thiophene rings is 1. The molecule has 0 aliphatic carbocycles. The minimum Gasteiger partial charge on any atom is -0.369 e. The minimum atomic E-state index is 0.732. The summed E-state index contributed by atoms with van der Waals surface area (Å²) < 4.78 is 0. The molecule has 0 aliphatic heterocycles. The summed E-state index contributed by atoms with van der Waals surface area (Å²) in [5.74, 6) is 0. The highest BCUT2D eigenvalue weighted by Gasteiger charge is 2.06. The van der Waals surface area contributed by atoms with Crippen LogP contribution in [0.4, 0.5) is 5.69 Å². The summed E-state index contributed by atoms with van der Waals surface area (Å²) in [6, 6.07) is 9.99. The van der Waals surface area contributed by atoms with Crippen LogP contribution in [0.2, 0.25) is 0 Å². The summed E-state index contributed by atoms with van der Waals surface area (Å²) in [5, 5.41) is 2.09. The van der Waals surface area contributed by atoms with Gasteiger partial charge in [0.15, 0.2) is 0 Å². The summed E-state index contributed by atoms with van der Waals surface area (Å²) in [6.07, 6.45) is 0.885. The summed E-state index contributed by atoms with van der Waals surface area (Å²) in [6.45, 7) is 2.94. The third-order valence-corrected chi connectivity index (χ3v) is 3.60. The lowest BCUT2D eigenvalue weighted by Gasteiger charge is -2.20. The number of aldehydes is 1. The Hall–Kier alpha value is -1.61. The quantitative estimate of drug-likeness (QED) is 0.768. The van der Waals surface area contributed by atoms with Crippen LogP contribution in [0, 0.1) is 6.92 Å². The average Bonchev–Trinajstić information content (AvgIpc) is 2.81. The molecule has 1 aromatic carbocycles. The standard InChI is InChI=1S/C14H15NOS/c1-11-8-12(10-16)5-6-14(11)15(2)9-13-4-3-7-17-13/h3-8,10H,9H2,1-2H3. The van der Waals surface area contributed by atoms with Gasteiger partial charge in [0.1, 0.15) is 6.29 Å². The number of rotatable bonds is 4. The van der Waals surface area contributed by atoms with Crippen molar-refractivity contribution >= 4 is 23.3 Å². The first kappa shape index (κ1) is 11.9. The van der Waals surface area contributed by atoms with Crippen molar-refractivity contribution in [2.75, 3.05) is 11.9 Å². The summed E-state index contributed by atoms with van der Waals surface area (Å²) in [7, 11) is 2.07. The second-order valence-corrected chi connectivity index (χ2v) is 5.13. The van der Waals surface area contributed by atoms with Crippen LogP contribution in [0.1, 0.15) is 20.8 Å². The highest BCUT2D eigenvalue weighted by Crippen LogP contribution is 2.22. The van der Waals surface area contributed by atoms with E-state index in [1.54, 1.807) is 11.3 Å². The molecule has 0 spiro atoms. The summed E-state index contributed by atoms with van der Waals surface area (Å²) in [5.41, 5.74) is 3.04. The molecular formula is C14H15NOS. The van der Waals surface area contributed by atoms with Crippen LogP contribution in [0.25, 0.3) is 0 Å². The fourth-order valence-corrected chi connectivity index (χ4v) is 2.66. The van der Waals surface area contributed by atoms with Crippen molar-refractivity contribution in [3.63, 3.8) is 0 Å². The first-order chi connectivity index (χ1) is 8.20. The molecule has 0 radical (unpaired) electrons. The Kier molecular flexibility index (Phi) is 3.59. The number of hydrogen-bond donors (Lipinski definition) is 0. The summed E-state index contributed by atoms with van der Waals surface area (Å²) in [4.78, 5) is 14.2. The molecule has 0 unspecified atom stereocenters. The molecule has 0 N–H and O–H groups in total. The topological polar surface area (TPSA) is 20.3 Å². The number of aryl methyl sites for hydroxylation is 1. The van der Waals surface area contributed by atoms with E-state index < -0.39 is 0 Å². The van der Waals surface area contributed by atoms with Crippen molar-refractivity contribution in [2.24, 2.45) is 0 Å². The van der Waals surface area contributed by atoms with Crippen LogP contribution in [0.3, 0.4) is 0 Å². The Morgan fingerprint density at radius 3 is 2.76 bits per heavy atom. The van der Waals surface area contributed by atoms with Crippen molar-refractivity contribution in [2.45, 2.75) is 13.5 Å². The van der Waals surface area contributed by atoms with Crippen LogP contribution in [-0.2, 0) is 6.54 Å². The van der Waals surface area contributed by atoms with Gasteiger partial charge in [0.25, 0.3) is 0 Å². The number of benzene rings is 1. The molecule has 3 heteroatoms. The van der Waals surface area contributed by atoms with Gasteiger partial charge < -0.3 is 4.90 Å². The number of hydrogen-bond acceptors (Lipinski definition) is 3. The van der Waals surface area contributed by atoms with Gasteiger partial charge in [-0.05, 0) is 42.1 Å². The predicted molar refractivity (Wildman–Crippen MR) is 73.0 cm³/mol. The second-order valence-electron chi connectivity index (χ2n) is 4.10. The molecule has 1 heterocycles. The van der Waals surface area contributed by atoms with E-state index in [0.29, 0.717) is 0 Å². The van der Waals surface area contributed by atoms with Gasteiger partial charge in [-0.2, -0.15) is 0 Å². The molecular weight excluding hydrogens is 230 g/mol. The molecule has 88 valence electrons. The Morgan fingerprint density at radius 2 is 2.18 bits per heavy atom. The highest BCUT2D eigenvalue weighted by atomic mass is 32.1. The van der Waals surface area contributed by atoms with Crippen molar-refractivity contribution in [1.82, 2.24) is 0 Å². The lowest BCUT2D eigenvalue weighted by atomic mass is 10.1. The largest absolute Gasteiger partial charge is 0.369 e. The van der Waals surface area contributed by atoms with Gasteiger partial charge in [-0.25, -0.2) is 0 Å². The van der Waals surface area contributed by atoms with Gasteiger partial charge in [0.2, 0.25) is 0 Å². The second kappa shape index (κ2) is 5.15. The Balaban J connectivity index is 2.19. The molecule has 0 atom stereocenters. The van der Waals surface area contributed by atoms with Gasteiger partial charge in [-0.3, -0.25) is 4.79 Å². The smallest absolute Gasteiger partial charge is 0.150 e. The Morgan fingerprint density at radius 1 is 1.35 bits per heavy atom. The fraction of sp³-hybridized carbons (Fsp3) is 0.214. The third-order valence-electron chi connectivity index (χ3n) is 2.74. The highest BCUT2D eigenvalue weighted by molar-refractivity contribution is 7.09. The van der Waals surface area contributed by atoms with Crippen molar-refractivity contribution in [3.05, 3.63) is 51.7 Å². The van der Waals surface area contributed by atoms with Crippen molar-refractivity contribution in [1.29, 1.82) is 0 Å². The maximum absolute atomic E-state index is 10.7. The van der Waals surface area contributed by atoms with E-state index in [0.717, 1.165) is 24.0 Å². The Labute approximate surface area is 106 Å². The molecule has 0 bridgehead atoms. The third kappa shape index (κ3) is 2.74. The molecule has 17 heavy (non-hydrogen) atoms. The first-order valence-electron chi connectivity index (χ1n) is 5.50. The monoisotopic (exact) mass is 245 g/mol. The van der Waals surface area contributed by atoms with E-state index in [-0.39, 0.29) is 0 Å².